The molecule has 0 radical (unpaired) electrons. The topological polar surface area (TPSA) is 153 Å². The standard InChI is InChI=1S/C40H41ClN8O5/c41-35-20-32(7-3-27(35)21-42)54-33-18-29(19-33)44-38(51)26-1-4-30(5-2-26)48-12-11-25(24-48)23-46-13-15-47(16-14-46)31-6-8-34-28(17-31)22-43-49(40(34)53)36-9-10-37(50)45-39(36)52/h1-8,17,20,22,25,29,33,36H,9-16,18-19,23-24H2,(H,44,51)(H,45,50,52)/t25?,29-,33-,36?. The molecule has 2 N–H and O–H groups in total. The Morgan fingerprint density at radius 1 is 0.944 bits per heavy atom. The van der Waals surface area contributed by atoms with Crippen molar-refractivity contribution in [2.45, 2.75) is 50.3 Å². The number of anilines is 2. The van der Waals surface area contributed by atoms with E-state index in [1.54, 1.807) is 24.4 Å². The van der Waals surface area contributed by atoms with Gasteiger partial charge in [0.2, 0.25) is 5.91 Å². The van der Waals surface area contributed by atoms with Crippen LogP contribution in [0.25, 0.3) is 10.8 Å². The highest BCUT2D eigenvalue weighted by atomic mass is 35.5. The van der Waals surface area contributed by atoms with E-state index in [4.69, 9.17) is 21.6 Å². The van der Waals surface area contributed by atoms with Gasteiger partial charge in [-0.15, -0.1) is 0 Å². The highest BCUT2D eigenvalue weighted by Crippen LogP contribution is 2.30. The Balaban J connectivity index is 0.777. The summed E-state index contributed by atoms with van der Waals surface area (Å²) in [6.07, 6.45) is 4.62. The average Bonchev–Trinajstić information content (AvgIpc) is 3.63. The van der Waals surface area contributed by atoms with Crippen molar-refractivity contribution in [3.8, 4) is 11.8 Å². The van der Waals surface area contributed by atoms with Crippen molar-refractivity contribution in [3.63, 3.8) is 0 Å². The number of ether oxygens (including phenoxy) is 1. The molecule has 4 fully saturated rings. The number of hydrogen-bond donors (Lipinski definition) is 2. The first kappa shape index (κ1) is 35.6. The molecule has 1 saturated carbocycles. The molecule has 4 aliphatic rings. The van der Waals surface area contributed by atoms with Gasteiger partial charge in [-0.1, -0.05) is 11.6 Å². The van der Waals surface area contributed by atoms with Crippen molar-refractivity contribution in [3.05, 3.63) is 93.4 Å². The number of amides is 3. The Kier molecular flexibility index (Phi) is 9.96. The minimum Gasteiger partial charge on any atom is -0.490 e. The lowest BCUT2D eigenvalue weighted by Gasteiger charge is -2.37. The Labute approximate surface area is 317 Å². The van der Waals surface area contributed by atoms with Crippen LogP contribution in [0.4, 0.5) is 11.4 Å². The SMILES string of the molecule is N#Cc1ccc(O[C@H]2C[C@H](NC(=O)c3ccc(N4CCC(CN5CCN(c6ccc7c(=O)n(C8CCC(=O)NC8=O)ncc7c6)CC5)C4)cc3)C2)cc1Cl. The van der Waals surface area contributed by atoms with Gasteiger partial charge in [0.1, 0.15) is 24.0 Å². The molecule has 3 aromatic carbocycles. The zero-order valence-corrected chi connectivity index (χ0v) is 30.5. The molecule has 14 heteroatoms. The van der Waals surface area contributed by atoms with Crippen molar-refractivity contribution in [2.24, 2.45) is 5.92 Å². The number of rotatable bonds is 9. The summed E-state index contributed by atoms with van der Waals surface area (Å²) in [6, 6.07) is 20.0. The predicted octanol–water partition coefficient (Wildman–Crippen LogP) is 3.89. The second-order valence-electron chi connectivity index (χ2n) is 14.7. The molecule has 0 bridgehead atoms. The molecule has 4 heterocycles. The number of fused-ring (bicyclic) bond motifs is 1. The first-order chi connectivity index (χ1) is 26.2. The number of nitrogens with one attached hydrogen (secondary N) is 2. The summed E-state index contributed by atoms with van der Waals surface area (Å²) in [6.45, 7) is 6.67. The van der Waals surface area contributed by atoms with Gasteiger partial charge in [-0.05, 0) is 73.4 Å². The molecular weight excluding hydrogens is 708 g/mol. The lowest BCUT2D eigenvalue weighted by atomic mass is 9.89. The van der Waals surface area contributed by atoms with Crippen LogP contribution < -0.4 is 30.7 Å². The molecule has 3 saturated heterocycles. The third-order valence-corrected chi connectivity index (χ3v) is 11.4. The average molecular weight is 749 g/mol. The molecular formula is C40H41ClN8O5. The van der Waals surface area contributed by atoms with Crippen LogP contribution in [0.15, 0.2) is 71.7 Å². The van der Waals surface area contributed by atoms with E-state index in [1.165, 1.54) is 4.68 Å². The number of carbonyl (C=O) groups excluding carboxylic acids is 3. The fourth-order valence-electron chi connectivity index (χ4n) is 7.98. The quantitative estimate of drug-likeness (QED) is 0.241. The normalized spacial score (nSPS) is 23.1. The highest BCUT2D eigenvalue weighted by Gasteiger charge is 2.33. The minimum atomic E-state index is -0.781. The molecule has 1 aromatic heterocycles. The number of halogens is 1. The second-order valence-corrected chi connectivity index (χ2v) is 15.1. The van der Waals surface area contributed by atoms with Crippen LogP contribution >= 0.6 is 11.6 Å². The fraction of sp³-hybridized carbons (Fsp3) is 0.400. The van der Waals surface area contributed by atoms with E-state index in [-0.39, 0.29) is 42.4 Å². The fourth-order valence-corrected chi connectivity index (χ4v) is 8.19. The zero-order chi connectivity index (χ0) is 37.3. The van der Waals surface area contributed by atoms with Crippen LogP contribution in [-0.2, 0) is 9.59 Å². The van der Waals surface area contributed by atoms with E-state index in [9.17, 15) is 19.2 Å². The number of piperidine rings is 1. The van der Waals surface area contributed by atoms with Gasteiger partial charge in [0.15, 0.2) is 0 Å². The van der Waals surface area contributed by atoms with Crippen molar-refractivity contribution in [2.75, 3.05) is 55.6 Å². The molecule has 54 heavy (non-hydrogen) atoms. The number of aromatic nitrogens is 2. The van der Waals surface area contributed by atoms with Gasteiger partial charge in [0, 0.05) is 99.5 Å². The lowest BCUT2D eigenvalue weighted by molar-refractivity contribution is -0.136. The van der Waals surface area contributed by atoms with Gasteiger partial charge in [-0.2, -0.15) is 10.4 Å². The molecule has 3 aliphatic heterocycles. The monoisotopic (exact) mass is 748 g/mol. The van der Waals surface area contributed by atoms with E-state index in [0.29, 0.717) is 46.0 Å². The van der Waals surface area contributed by atoms with E-state index >= 15 is 0 Å². The van der Waals surface area contributed by atoms with Gasteiger partial charge in [-0.3, -0.25) is 29.4 Å². The highest BCUT2D eigenvalue weighted by molar-refractivity contribution is 6.31. The second kappa shape index (κ2) is 15.1. The summed E-state index contributed by atoms with van der Waals surface area (Å²) in [4.78, 5) is 57.3. The summed E-state index contributed by atoms with van der Waals surface area (Å²) in [5.74, 6) is 0.284. The third kappa shape index (κ3) is 7.49. The Morgan fingerprint density at radius 2 is 1.72 bits per heavy atom. The number of nitrogens with zero attached hydrogens (tertiary/aromatic N) is 6. The van der Waals surface area contributed by atoms with Gasteiger partial charge in [-0.25, -0.2) is 4.68 Å². The largest absolute Gasteiger partial charge is 0.490 e. The van der Waals surface area contributed by atoms with Crippen molar-refractivity contribution in [1.29, 1.82) is 5.26 Å². The van der Waals surface area contributed by atoms with E-state index in [0.717, 1.165) is 69.0 Å². The molecule has 2 unspecified atom stereocenters. The Morgan fingerprint density at radius 3 is 2.46 bits per heavy atom. The molecule has 4 aromatic rings. The molecule has 8 rings (SSSR count). The van der Waals surface area contributed by atoms with Crippen molar-refractivity contribution in [1.82, 2.24) is 25.3 Å². The number of carbonyl (C=O) groups is 3. The molecule has 3 amide bonds. The van der Waals surface area contributed by atoms with Gasteiger partial charge in [0.05, 0.1) is 22.2 Å². The van der Waals surface area contributed by atoms with Crippen LogP contribution in [0.2, 0.25) is 5.02 Å². The van der Waals surface area contributed by atoms with Crippen molar-refractivity contribution < 1.29 is 19.1 Å². The number of imide groups is 1. The van der Waals surface area contributed by atoms with Gasteiger partial charge >= 0.3 is 0 Å². The van der Waals surface area contributed by atoms with E-state index in [1.807, 2.05) is 48.5 Å². The molecule has 278 valence electrons. The maximum Gasteiger partial charge on any atom is 0.275 e. The Hall–Kier alpha value is -5.45. The molecule has 2 atom stereocenters. The van der Waals surface area contributed by atoms with Crippen LogP contribution in [0.3, 0.4) is 0 Å². The summed E-state index contributed by atoms with van der Waals surface area (Å²) in [7, 11) is 0. The third-order valence-electron chi connectivity index (χ3n) is 11.1. The minimum absolute atomic E-state index is 0.00475. The summed E-state index contributed by atoms with van der Waals surface area (Å²) >= 11 is 6.11. The first-order valence-corrected chi connectivity index (χ1v) is 18.9. The maximum absolute atomic E-state index is 13.2. The molecule has 13 nitrogen and oxygen atoms in total. The zero-order valence-electron chi connectivity index (χ0n) is 29.7. The van der Waals surface area contributed by atoms with Gasteiger partial charge in [0.25, 0.3) is 17.4 Å². The van der Waals surface area contributed by atoms with E-state index < -0.39 is 11.9 Å². The summed E-state index contributed by atoms with van der Waals surface area (Å²) in [5.41, 5.74) is 2.90. The van der Waals surface area contributed by atoms with E-state index in [2.05, 4.69) is 30.4 Å². The Bertz CT molecular complexity index is 2190. The lowest BCUT2D eigenvalue weighted by Crippen LogP contribution is -2.49. The van der Waals surface area contributed by atoms with Crippen LogP contribution in [0.5, 0.6) is 5.75 Å². The smallest absolute Gasteiger partial charge is 0.275 e. The van der Waals surface area contributed by atoms with Gasteiger partial charge < -0.3 is 19.9 Å². The van der Waals surface area contributed by atoms with Crippen molar-refractivity contribution >= 4 is 51.5 Å². The van der Waals surface area contributed by atoms with Crippen LogP contribution in [0.1, 0.15) is 54.1 Å². The van der Waals surface area contributed by atoms with Crippen LogP contribution in [0, 0.1) is 17.2 Å². The maximum atomic E-state index is 13.2. The first-order valence-electron chi connectivity index (χ1n) is 18.6. The number of hydrogen-bond acceptors (Lipinski definition) is 10. The van der Waals surface area contributed by atoms with Crippen LogP contribution in [-0.4, -0.2) is 90.4 Å². The predicted molar refractivity (Wildman–Crippen MR) is 204 cm³/mol. The summed E-state index contributed by atoms with van der Waals surface area (Å²) in [5, 5.41) is 20.4. The number of nitriles is 1. The number of piperazine rings is 1. The number of benzene rings is 3. The summed E-state index contributed by atoms with van der Waals surface area (Å²) < 4.78 is 7.15. The molecule has 1 aliphatic carbocycles. The molecule has 0 spiro atoms.